The Hall–Kier alpha value is -0.450. The van der Waals surface area contributed by atoms with Crippen LogP contribution in [0, 0.1) is 0 Å². The van der Waals surface area contributed by atoms with Gasteiger partial charge in [-0.1, -0.05) is 34.1 Å². The van der Waals surface area contributed by atoms with E-state index in [1.54, 1.807) is 11.8 Å². The van der Waals surface area contributed by atoms with Gasteiger partial charge in [0.15, 0.2) is 0 Å². The second kappa shape index (κ2) is 5.94. The molecule has 0 aliphatic rings. The van der Waals surface area contributed by atoms with Gasteiger partial charge in [0, 0.05) is 25.3 Å². The first-order valence-electron chi connectivity index (χ1n) is 5.08. The molecule has 0 bridgehead atoms. The Morgan fingerprint density at radius 3 is 2.53 bits per heavy atom. The molecule has 1 nitrogen and oxygen atoms in total. The van der Waals surface area contributed by atoms with Crippen LogP contribution in [-0.2, 0) is 5.75 Å². The van der Waals surface area contributed by atoms with Crippen LogP contribution in [0.25, 0.3) is 0 Å². The van der Waals surface area contributed by atoms with Crippen LogP contribution in [0.15, 0.2) is 56.3 Å². The lowest BCUT2D eigenvalue weighted by Gasteiger charge is -2.07. The van der Waals surface area contributed by atoms with E-state index in [1.165, 1.54) is 4.90 Å². The Kier molecular flexibility index (Phi) is 4.54. The average molecular weight is 373 g/mol. The lowest BCUT2D eigenvalue weighted by Crippen LogP contribution is -1.92. The normalized spacial score (nSPS) is 10.5. The fourth-order valence-corrected chi connectivity index (χ4v) is 3.38. The van der Waals surface area contributed by atoms with Gasteiger partial charge in [-0.15, -0.1) is 11.8 Å². The summed E-state index contributed by atoms with van der Waals surface area (Å²) in [6.45, 7) is 0. The van der Waals surface area contributed by atoms with Crippen LogP contribution >= 0.6 is 43.6 Å². The maximum atomic E-state index is 5.97. The summed E-state index contributed by atoms with van der Waals surface area (Å²) in [7, 11) is 0. The van der Waals surface area contributed by atoms with Crippen molar-refractivity contribution < 1.29 is 0 Å². The number of benzene rings is 2. The number of hydrogen-bond donors (Lipinski definition) is 1. The zero-order valence-corrected chi connectivity index (χ0v) is 13.0. The molecule has 0 aromatic heterocycles. The van der Waals surface area contributed by atoms with Crippen molar-refractivity contribution in [1.82, 2.24) is 0 Å². The summed E-state index contributed by atoms with van der Waals surface area (Å²) >= 11 is 8.73. The zero-order chi connectivity index (χ0) is 12.3. The molecule has 0 aliphatic heterocycles. The number of anilines is 1. The second-order valence-electron chi connectivity index (χ2n) is 3.56. The summed E-state index contributed by atoms with van der Waals surface area (Å²) in [5, 5.41) is 0. The van der Waals surface area contributed by atoms with Gasteiger partial charge in [0.05, 0.1) is 0 Å². The van der Waals surface area contributed by atoms with Gasteiger partial charge in [0.25, 0.3) is 0 Å². The molecule has 0 atom stereocenters. The Bertz CT molecular complexity index is 529. The standard InChI is InChI=1S/C13H11Br2NS/c14-10-6-5-9(12(16)7-10)8-17-13-4-2-1-3-11(13)15/h1-7H,8,16H2. The molecule has 17 heavy (non-hydrogen) atoms. The molecule has 2 N–H and O–H groups in total. The summed E-state index contributed by atoms with van der Waals surface area (Å²) < 4.78 is 2.14. The highest BCUT2D eigenvalue weighted by Crippen LogP contribution is 2.31. The highest BCUT2D eigenvalue weighted by molar-refractivity contribution is 9.10. The summed E-state index contributed by atoms with van der Waals surface area (Å²) in [6.07, 6.45) is 0. The number of thioether (sulfide) groups is 1. The van der Waals surface area contributed by atoms with Gasteiger partial charge in [0.2, 0.25) is 0 Å². The lowest BCUT2D eigenvalue weighted by atomic mass is 10.2. The molecule has 0 aliphatic carbocycles. The molecular formula is C13H11Br2NS. The van der Waals surface area contributed by atoms with Crippen molar-refractivity contribution in [3.8, 4) is 0 Å². The van der Waals surface area contributed by atoms with Crippen LogP contribution in [0.2, 0.25) is 0 Å². The highest BCUT2D eigenvalue weighted by atomic mass is 79.9. The zero-order valence-electron chi connectivity index (χ0n) is 8.99. The third-order valence-corrected chi connectivity index (χ3v) is 4.90. The largest absolute Gasteiger partial charge is 0.398 e. The molecule has 0 saturated heterocycles. The number of halogens is 2. The minimum atomic E-state index is 0.832. The fourth-order valence-electron chi connectivity index (χ4n) is 1.41. The summed E-state index contributed by atoms with van der Waals surface area (Å²) in [4.78, 5) is 1.23. The van der Waals surface area contributed by atoms with E-state index in [-0.39, 0.29) is 0 Å². The van der Waals surface area contributed by atoms with Crippen LogP contribution in [0.1, 0.15) is 5.56 Å². The van der Waals surface area contributed by atoms with E-state index >= 15 is 0 Å². The summed E-state index contributed by atoms with van der Waals surface area (Å²) in [6, 6.07) is 14.2. The second-order valence-corrected chi connectivity index (χ2v) is 6.35. The van der Waals surface area contributed by atoms with E-state index in [4.69, 9.17) is 5.73 Å². The van der Waals surface area contributed by atoms with Gasteiger partial charge < -0.3 is 5.73 Å². The molecule has 88 valence electrons. The minimum absolute atomic E-state index is 0.832. The molecule has 2 aromatic carbocycles. The Labute approximate surface area is 122 Å². The number of nitrogens with two attached hydrogens (primary N) is 1. The van der Waals surface area contributed by atoms with E-state index < -0.39 is 0 Å². The fraction of sp³-hybridized carbons (Fsp3) is 0.0769. The maximum Gasteiger partial charge on any atom is 0.0366 e. The summed E-state index contributed by atoms with van der Waals surface area (Å²) in [5.41, 5.74) is 7.96. The van der Waals surface area contributed by atoms with Gasteiger partial charge in [-0.05, 0) is 45.8 Å². The van der Waals surface area contributed by atoms with E-state index in [9.17, 15) is 0 Å². The first-order chi connectivity index (χ1) is 8.16. The molecule has 0 amide bonds. The molecule has 0 fully saturated rings. The van der Waals surface area contributed by atoms with Gasteiger partial charge in [0.1, 0.15) is 0 Å². The number of rotatable bonds is 3. The van der Waals surface area contributed by atoms with Crippen molar-refractivity contribution in [2.45, 2.75) is 10.6 Å². The molecule has 2 rings (SSSR count). The third-order valence-electron chi connectivity index (χ3n) is 2.33. The number of nitrogen functional groups attached to an aromatic ring is 1. The van der Waals surface area contributed by atoms with Crippen LogP contribution in [0.5, 0.6) is 0 Å². The van der Waals surface area contributed by atoms with Crippen LogP contribution in [-0.4, -0.2) is 0 Å². The molecule has 4 heteroatoms. The monoisotopic (exact) mass is 371 g/mol. The van der Waals surface area contributed by atoms with Crippen molar-refractivity contribution in [2.24, 2.45) is 0 Å². The van der Waals surface area contributed by atoms with Crippen molar-refractivity contribution in [3.63, 3.8) is 0 Å². The Morgan fingerprint density at radius 2 is 1.82 bits per heavy atom. The third kappa shape index (κ3) is 3.50. The van der Waals surface area contributed by atoms with Gasteiger partial charge in [-0.3, -0.25) is 0 Å². The van der Waals surface area contributed by atoms with E-state index in [0.29, 0.717) is 0 Å². The van der Waals surface area contributed by atoms with Gasteiger partial charge >= 0.3 is 0 Å². The van der Waals surface area contributed by atoms with E-state index in [0.717, 1.165) is 25.9 Å². The first-order valence-corrected chi connectivity index (χ1v) is 7.65. The molecule has 0 unspecified atom stereocenters. The van der Waals surface area contributed by atoms with Crippen molar-refractivity contribution in [2.75, 3.05) is 5.73 Å². The number of hydrogen-bond acceptors (Lipinski definition) is 2. The van der Waals surface area contributed by atoms with Crippen molar-refractivity contribution in [3.05, 3.63) is 57.0 Å². The topological polar surface area (TPSA) is 26.0 Å². The smallest absolute Gasteiger partial charge is 0.0366 e. The predicted molar refractivity (Wildman–Crippen MR) is 82.3 cm³/mol. The van der Waals surface area contributed by atoms with Crippen LogP contribution < -0.4 is 5.73 Å². The molecule has 0 saturated carbocycles. The minimum Gasteiger partial charge on any atom is -0.398 e. The Balaban J connectivity index is 2.10. The lowest BCUT2D eigenvalue weighted by molar-refractivity contribution is 1.36. The molecule has 0 spiro atoms. The van der Waals surface area contributed by atoms with Crippen LogP contribution in [0.4, 0.5) is 5.69 Å². The van der Waals surface area contributed by atoms with E-state index in [2.05, 4.69) is 44.0 Å². The first kappa shape index (κ1) is 13.0. The van der Waals surface area contributed by atoms with E-state index in [1.807, 2.05) is 30.3 Å². The van der Waals surface area contributed by atoms with Gasteiger partial charge in [-0.25, -0.2) is 0 Å². The van der Waals surface area contributed by atoms with Crippen LogP contribution in [0.3, 0.4) is 0 Å². The highest BCUT2D eigenvalue weighted by Gasteiger charge is 2.03. The molecule has 0 radical (unpaired) electrons. The van der Waals surface area contributed by atoms with Crippen molar-refractivity contribution >= 4 is 49.3 Å². The molecule has 2 aromatic rings. The predicted octanol–water partition coefficient (Wildman–Crippen LogP) is 5.09. The quantitative estimate of drug-likeness (QED) is 0.600. The summed E-state index contributed by atoms with van der Waals surface area (Å²) in [5.74, 6) is 0.877. The molecular weight excluding hydrogens is 362 g/mol. The maximum absolute atomic E-state index is 5.97. The SMILES string of the molecule is Nc1cc(Br)ccc1CSc1ccccc1Br. The van der Waals surface area contributed by atoms with Crippen molar-refractivity contribution in [1.29, 1.82) is 0 Å². The average Bonchev–Trinajstić information content (AvgIpc) is 2.30. The van der Waals surface area contributed by atoms with Gasteiger partial charge in [-0.2, -0.15) is 0 Å². The molecule has 0 heterocycles. The Morgan fingerprint density at radius 1 is 1.06 bits per heavy atom.